The van der Waals surface area contributed by atoms with Crippen molar-refractivity contribution in [1.82, 2.24) is 0 Å². The molecule has 0 spiro atoms. The summed E-state index contributed by atoms with van der Waals surface area (Å²) in [5.74, 6) is -1.59. The number of methoxy groups -OCH3 is 1. The van der Waals surface area contributed by atoms with E-state index in [9.17, 15) is 8.78 Å². The lowest BCUT2D eigenvalue weighted by Gasteiger charge is -2.15. The fourth-order valence-electron chi connectivity index (χ4n) is 1.01. The summed E-state index contributed by atoms with van der Waals surface area (Å²) in [6.45, 7) is 1.69. The normalized spacial score (nSPS) is 25.1. The van der Waals surface area contributed by atoms with E-state index in [4.69, 9.17) is 0 Å². The molecule has 3 heteroatoms. The van der Waals surface area contributed by atoms with Gasteiger partial charge in [0.25, 0.3) is 0 Å². The predicted octanol–water partition coefficient (Wildman–Crippen LogP) is 2.71. The second-order valence-corrected chi connectivity index (χ2v) is 2.57. The van der Waals surface area contributed by atoms with Gasteiger partial charge in [-0.3, -0.25) is 0 Å². The number of hydrogen-bond acceptors (Lipinski definition) is 1. The summed E-state index contributed by atoms with van der Waals surface area (Å²) >= 11 is 0. The van der Waals surface area contributed by atoms with E-state index >= 15 is 0 Å². The van der Waals surface area contributed by atoms with Crippen molar-refractivity contribution in [2.75, 3.05) is 7.11 Å². The lowest BCUT2D eigenvalue weighted by Crippen LogP contribution is -2.05. The molecule has 0 aromatic carbocycles. The number of halogens is 2. The van der Waals surface area contributed by atoms with E-state index in [1.54, 1.807) is 6.92 Å². The zero-order chi connectivity index (χ0) is 8.43. The van der Waals surface area contributed by atoms with Crippen LogP contribution in [0.5, 0.6) is 0 Å². The van der Waals surface area contributed by atoms with Gasteiger partial charge in [-0.05, 0) is 12.5 Å². The van der Waals surface area contributed by atoms with E-state index in [2.05, 4.69) is 4.74 Å². The van der Waals surface area contributed by atoms with E-state index in [1.165, 1.54) is 13.2 Å². The molecule has 0 fully saturated rings. The maximum absolute atomic E-state index is 13.0. The Bertz CT molecular complexity index is 218. The van der Waals surface area contributed by atoms with E-state index in [0.717, 1.165) is 0 Å². The van der Waals surface area contributed by atoms with Crippen LogP contribution in [0.15, 0.2) is 23.5 Å². The van der Waals surface area contributed by atoms with Crippen LogP contribution in [0.25, 0.3) is 0 Å². The summed E-state index contributed by atoms with van der Waals surface area (Å²) < 4.78 is 30.2. The molecule has 0 unspecified atom stereocenters. The average Bonchev–Trinajstić information content (AvgIpc) is 1.99. The van der Waals surface area contributed by atoms with Crippen LogP contribution in [0.1, 0.15) is 13.3 Å². The first-order valence-electron chi connectivity index (χ1n) is 3.46. The van der Waals surface area contributed by atoms with Gasteiger partial charge < -0.3 is 4.74 Å². The molecule has 0 saturated carbocycles. The quantitative estimate of drug-likeness (QED) is 0.573. The van der Waals surface area contributed by atoms with E-state index in [-0.39, 0.29) is 11.7 Å². The van der Waals surface area contributed by atoms with Crippen molar-refractivity contribution in [1.29, 1.82) is 0 Å². The van der Waals surface area contributed by atoms with E-state index < -0.39 is 11.7 Å². The number of allylic oxidation sites excluding steroid dienone is 3. The van der Waals surface area contributed by atoms with Crippen LogP contribution in [0, 0.1) is 5.92 Å². The first-order chi connectivity index (χ1) is 5.16. The topological polar surface area (TPSA) is 9.23 Å². The third-order valence-electron chi connectivity index (χ3n) is 1.72. The number of hydrogen-bond donors (Lipinski definition) is 0. The third kappa shape index (κ3) is 1.42. The van der Waals surface area contributed by atoms with E-state index in [0.29, 0.717) is 6.42 Å². The molecule has 1 rings (SSSR count). The van der Waals surface area contributed by atoms with Crippen molar-refractivity contribution in [3.8, 4) is 0 Å². The van der Waals surface area contributed by atoms with Gasteiger partial charge in [0.15, 0.2) is 11.6 Å². The molecule has 0 saturated heterocycles. The summed E-state index contributed by atoms with van der Waals surface area (Å²) in [6, 6.07) is 0. The minimum absolute atomic E-state index is 0.247. The fraction of sp³-hybridized carbons (Fsp3) is 0.500. The van der Waals surface area contributed by atoms with Crippen molar-refractivity contribution in [3.63, 3.8) is 0 Å². The van der Waals surface area contributed by atoms with Crippen molar-refractivity contribution >= 4 is 0 Å². The van der Waals surface area contributed by atoms with Gasteiger partial charge in [-0.1, -0.05) is 6.92 Å². The molecule has 0 aliphatic heterocycles. The Labute approximate surface area is 64.4 Å². The average molecular weight is 160 g/mol. The lowest BCUT2D eigenvalue weighted by atomic mass is 10.0. The zero-order valence-electron chi connectivity index (χ0n) is 6.53. The third-order valence-corrected chi connectivity index (χ3v) is 1.72. The molecule has 0 radical (unpaired) electrons. The van der Waals surface area contributed by atoms with Crippen LogP contribution < -0.4 is 0 Å². The van der Waals surface area contributed by atoms with E-state index in [1.807, 2.05) is 0 Å². The molecule has 11 heavy (non-hydrogen) atoms. The van der Waals surface area contributed by atoms with Crippen LogP contribution in [0.3, 0.4) is 0 Å². The van der Waals surface area contributed by atoms with Gasteiger partial charge in [0, 0.05) is 5.92 Å². The highest BCUT2D eigenvalue weighted by Gasteiger charge is 2.22. The SMILES string of the molecule is COC1=C(F)[C@@H](C)CC=C1F. The fourth-order valence-corrected chi connectivity index (χ4v) is 1.01. The Morgan fingerprint density at radius 3 is 2.64 bits per heavy atom. The molecule has 1 aliphatic carbocycles. The highest BCUT2D eigenvalue weighted by molar-refractivity contribution is 5.27. The predicted molar refractivity (Wildman–Crippen MR) is 38.1 cm³/mol. The minimum Gasteiger partial charge on any atom is -0.491 e. The second kappa shape index (κ2) is 3.03. The Hall–Kier alpha value is -0.860. The van der Waals surface area contributed by atoms with Crippen LogP contribution in [0.2, 0.25) is 0 Å². The Morgan fingerprint density at radius 1 is 1.55 bits per heavy atom. The molecule has 0 N–H and O–H groups in total. The summed E-state index contributed by atoms with van der Waals surface area (Å²) in [5.41, 5.74) is 0. The lowest BCUT2D eigenvalue weighted by molar-refractivity contribution is 0.250. The maximum atomic E-state index is 13.0. The van der Waals surface area contributed by atoms with Gasteiger partial charge in [-0.25, -0.2) is 8.78 Å². The van der Waals surface area contributed by atoms with Crippen LogP contribution in [-0.2, 0) is 4.74 Å². The molecule has 1 nitrogen and oxygen atoms in total. The van der Waals surface area contributed by atoms with Crippen molar-refractivity contribution < 1.29 is 13.5 Å². The smallest absolute Gasteiger partial charge is 0.185 e. The van der Waals surface area contributed by atoms with Gasteiger partial charge in [0.05, 0.1) is 7.11 Å². The van der Waals surface area contributed by atoms with Crippen LogP contribution in [0.4, 0.5) is 8.78 Å². The Morgan fingerprint density at radius 2 is 2.18 bits per heavy atom. The highest BCUT2D eigenvalue weighted by atomic mass is 19.1. The first kappa shape index (κ1) is 8.24. The maximum Gasteiger partial charge on any atom is 0.185 e. The van der Waals surface area contributed by atoms with Gasteiger partial charge >= 0.3 is 0 Å². The summed E-state index contributed by atoms with van der Waals surface area (Å²) in [5, 5.41) is 0. The molecule has 62 valence electrons. The monoisotopic (exact) mass is 160 g/mol. The van der Waals surface area contributed by atoms with Gasteiger partial charge in [0.1, 0.15) is 5.83 Å². The van der Waals surface area contributed by atoms with Gasteiger partial charge in [-0.15, -0.1) is 0 Å². The molecule has 1 atom stereocenters. The summed E-state index contributed by atoms with van der Waals surface area (Å²) in [6.07, 6.45) is 1.75. The highest BCUT2D eigenvalue weighted by Crippen LogP contribution is 2.31. The van der Waals surface area contributed by atoms with Crippen LogP contribution in [-0.4, -0.2) is 7.11 Å². The molecular weight excluding hydrogens is 150 g/mol. The largest absolute Gasteiger partial charge is 0.491 e. The molecule has 0 aromatic heterocycles. The second-order valence-electron chi connectivity index (χ2n) is 2.57. The molecule has 1 aliphatic rings. The first-order valence-corrected chi connectivity index (χ1v) is 3.46. The van der Waals surface area contributed by atoms with Crippen LogP contribution >= 0.6 is 0 Å². The number of rotatable bonds is 1. The Kier molecular flexibility index (Phi) is 2.27. The molecule has 0 amide bonds. The van der Waals surface area contributed by atoms with Gasteiger partial charge in [0.2, 0.25) is 0 Å². The summed E-state index contributed by atoms with van der Waals surface area (Å²) in [7, 11) is 1.26. The standard InChI is InChI=1S/C8H10F2O/c1-5-3-4-6(9)8(11-2)7(5)10/h4-5H,3H2,1-2H3/t5-/m0/s1. The van der Waals surface area contributed by atoms with Crippen molar-refractivity contribution in [2.45, 2.75) is 13.3 Å². The zero-order valence-corrected chi connectivity index (χ0v) is 6.53. The van der Waals surface area contributed by atoms with Gasteiger partial charge in [-0.2, -0.15) is 0 Å². The summed E-state index contributed by atoms with van der Waals surface area (Å²) in [4.78, 5) is 0. The molecule has 0 aromatic rings. The number of ether oxygens (including phenoxy) is 1. The molecule has 0 heterocycles. The van der Waals surface area contributed by atoms with Crippen molar-refractivity contribution in [3.05, 3.63) is 23.5 Å². The molecular formula is C8H10F2O. The van der Waals surface area contributed by atoms with Crippen molar-refractivity contribution in [2.24, 2.45) is 5.92 Å². The molecule has 0 bridgehead atoms. The Balaban J connectivity index is 2.95. The minimum atomic E-state index is -0.594.